The normalized spacial score (nSPS) is 23.7. The number of hydrogen-bond donors (Lipinski definition) is 3. The molecule has 0 aromatic heterocycles. The monoisotopic (exact) mass is 400 g/mol. The van der Waals surface area contributed by atoms with Crippen molar-refractivity contribution in [1.29, 1.82) is 0 Å². The molecule has 3 N–H and O–H groups in total. The fraction of sp³-hybridized carbons (Fsp3) is 0.556. The summed E-state index contributed by atoms with van der Waals surface area (Å²) < 4.78 is 0. The van der Waals surface area contributed by atoms with Crippen LogP contribution in [0.3, 0.4) is 0 Å². The van der Waals surface area contributed by atoms with E-state index in [1.807, 2.05) is 0 Å². The lowest BCUT2D eigenvalue weighted by Gasteiger charge is -2.25. The molecular formula is C18H22Cl2N2O4. The Hall–Kier alpha value is -1.50. The number of likely N-dealkylation sites (tertiary alicyclic amines) is 1. The third kappa shape index (κ3) is 4.81. The summed E-state index contributed by atoms with van der Waals surface area (Å²) in [6.07, 6.45) is 3.56. The van der Waals surface area contributed by atoms with Crippen LogP contribution in [0.1, 0.15) is 31.2 Å². The maximum absolute atomic E-state index is 12.5. The zero-order valence-electron chi connectivity index (χ0n) is 14.3. The fourth-order valence-electron chi connectivity index (χ4n) is 3.40. The molecule has 3 rings (SSSR count). The van der Waals surface area contributed by atoms with Crippen molar-refractivity contribution in [2.24, 2.45) is 5.92 Å². The quantitative estimate of drug-likeness (QED) is 0.684. The number of halogens is 2. The number of carboxylic acids is 1. The van der Waals surface area contributed by atoms with Crippen LogP contribution in [0.5, 0.6) is 0 Å². The Morgan fingerprint density at radius 2 is 2.08 bits per heavy atom. The number of hydrogen-bond acceptors (Lipinski definition) is 3. The number of amides is 2. The minimum atomic E-state index is -1.14. The van der Waals surface area contributed by atoms with Crippen LogP contribution >= 0.6 is 23.2 Å². The molecule has 2 fully saturated rings. The van der Waals surface area contributed by atoms with Gasteiger partial charge in [0.05, 0.1) is 12.1 Å². The average Bonchev–Trinajstić information content (AvgIpc) is 3.27. The Morgan fingerprint density at radius 3 is 2.69 bits per heavy atom. The van der Waals surface area contributed by atoms with E-state index in [1.165, 1.54) is 11.0 Å². The van der Waals surface area contributed by atoms with E-state index in [0.29, 0.717) is 40.9 Å². The summed E-state index contributed by atoms with van der Waals surface area (Å²) in [5, 5.41) is 23.4. The molecule has 2 aliphatic rings. The van der Waals surface area contributed by atoms with E-state index >= 15 is 0 Å². The van der Waals surface area contributed by atoms with Crippen LogP contribution in [0.4, 0.5) is 4.79 Å². The van der Waals surface area contributed by atoms with Crippen LogP contribution in [0.25, 0.3) is 0 Å². The van der Waals surface area contributed by atoms with E-state index < -0.39 is 23.6 Å². The van der Waals surface area contributed by atoms with E-state index in [1.54, 1.807) is 12.1 Å². The number of benzene rings is 1. The highest BCUT2D eigenvalue weighted by atomic mass is 35.5. The molecule has 142 valence electrons. The second-order valence-electron chi connectivity index (χ2n) is 7.32. The molecule has 1 heterocycles. The second-order valence-corrected chi connectivity index (χ2v) is 8.17. The van der Waals surface area contributed by atoms with Crippen molar-refractivity contribution in [3.8, 4) is 0 Å². The maximum atomic E-state index is 12.5. The second kappa shape index (κ2) is 7.62. The van der Waals surface area contributed by atoms with Crippen LogP contribution in [-0.4, -0.2) is 51.8 Å². The Bertz CT molecular complexity index is 710. The number of carboxylic acid groups (broad SMARTS) is 1. The van der Waals surface area contributed by atoms with Gasteiger partial charge in [0.2, 0.25) is 0 Å². The lowest BCUT2D eigenvalue weighted by molar-refractivity contribution is -0.139. The fourth-order valence-corrected chi connectivity index (χ4v) is 3.89. The van der Waals surface area contributed by atoms with Crippen LogP contribution in [0.2, 0.25) is 10.0 Å². The summed E-state index contributed by atoms with van der Waals surface area (Å²) in [7, 11) is 0. The number of carbonyl (C=O) groups excluding carboxylic acids is 1. The molecule has 1 aliphatic carbocycles. The van der Waals surface area contributed by atoms with Gasteiger partial charge in [0.25, 0.3) is 0 Å². The average molecular weight is 401 g/mol. The molecule has 1 aromatic carbocycles. The Balaban J connectivity index is 1.60. The largest absolute Gasteiger partial charge is 0.480 e. The molecule has 1 unspecified atom stereocenters. The number of nitrogens with one attached hydrogen (secondary N) is 1. The van der Waals surface area contributed by atoms with Crippen molar-refractivity contribution < 1.29 is 19.8 Å². The van der Waals surface area contributed by atoms with Gasteiger partial charge in [0, 0.05) is 23.0 Å². The van der Waals surface area contributed by atoms with Gasteiger partial charge in [-0.05, 0) is 36.5 Å². The summed E-state index contributed by atoms with van der Waals surface area (Å²) in [6, 6.07) is 3.23. The molecule has 1 saturated carbocycles. The Kier molecular flexibility index (Phi) is 5.65. The molecule has 8 heteroatoms. The number of carbonyl (C=O) groups is 2. The molecule has 6 nitrogen and oxygen atoms in total. The molecular weight excluding hydrogens is 379 g/mol. The summed E-state index contributed by atoms with van der Waals surface area (Å²) in [6.45, 7) is 0.659. The van der Waals surface area contributed by atoms with Crippen LogP contribution in [0.15, 0.2) is 18.2 Å². The molecule has 1 aliphatic heterocycles. The molecule has 26 heavy (non-hydrogen) atoms. The summed E-state index contributed by atoms with van der Waals surface area (Å²) >= 11 is 12.0. The summed E-state index contributed by atoms with van der Waals surface area (Å²) in [5.74, 6) is -0.585. The van der Waals surface area contributed by atoms with E-state index in [9.17, 15) is 19.8 Å². The van der Waals surface area contributed by atoms with Crippen LogP contribution in [-0.2, 0) is 11.2 Å². The number of urea groups is 1. The summed E-state index contributed by atoms with van der Waals surface area (Å²) in [4.78, 5) is 25.5. The standard InChI is InChI=1S/C18H22Cl2N2O4/c19-13-4-3-12(14(20)8-13)7-15(16(23)24)21-17(25)22-6-5-18(26,10-22)9-11-1-2-11/h3-4,8,11,15,26H,1-2,5-7,9-10H2,(H,21,25)(H,23,24)/t15-,18?/m1/s1. The first-order chi connectivity index (χ1) is 12.3. The highest BCUT2D eigenvalue weighted by Gasteiger charge is 2.42. The molecule has 0 bridgehead atoms. The molecule has 1 aromatic rings. The zero-order chi connectivity index (χ0) is 18.9. The molecule has 1 saturated heterocycles. The molecule has 0 spiro atoms. The predicted molar refractivity (Wildman–Crippen MR) is 98.6 cm³/mol. The third-order valence-corrected chi connectivity index (χ3v) is 5.61. The topological polar surface area (TPSA) is 89.9 Å². The smallest absolute Gasteiger partial charge is 0.326 e. The van der Waals surface area contributed by atoms with Crippen molar-refractivity contribution in [2.75, 3.05) is 13.1 Å². The van der Waals surface area contributed by atoms with Crippen molar-refractivity contribution in [3.63, 3.8) is 0 Å². The number of nitrogens with zero attached hydrogens (tertiary/aromatic N) is 1. The van der Waals surface area contributed by atoms with Crippen molar-refractivity contribution in [2.45, 2.75) is 43.7 Å². The Morgan fingerprint density at radius 1 is 1.35 bits per heavy atom. The molecule has 0 radical (unpaired) electrons. The van der Waals surface area contributed by atoms with Gasteiger partial charge < -0.3 is 20.4 Å². The third-order valence-electron chi connectivity index (χ3n) is 5.02. The van der Waals surface area contributed by atoms with E-state index in [-0.39, 0.29) is 13.0 Å². The minimum Gasteiger partial charge on any atom is -0.480 e. The van der Waals surface area contributed by atoms with Crippen molar-refractivity contribution >= 4 is 35.2 Å². The van der Waals surface area contributed by atoms with E-state index in [2.05, 4.69) is 5.32 Å². The molecule has 2 amide bonds. The van der Waals surface area contributed by atoms with Crippen molar-refractivity contribution in [1.82, 2.24) is 10.2 Å². The van der Waals surface area contributed by atoms with Crippen LogP contribution in [0, 0.1) is 5.92 Å². The Labute approximate surface area is 162 Å². The van der Waals surface area contributed by atoms with Gasteiger partial charge in [-0.2, -0.15) is 0 Å². The lowest BCUT2D eigenvalue weighted by Crippen LogP contribution is -2.49. The number of rotatable bonds is 6. The first-order valence-electron chi connectivity index (χ1n) is 8.70. The van der Waals surface area contributed by atoms with Crippen molar-refractivity contribution in [3.05, 3.63) is 33.8 Å². The van der Waals surface area contributed by atoms with Gasteiger partial charge in [-0.25, -0.2) is 9.59 Å². The zero-order valence-corrected chi connectivity index (χ0v) is 15.8. The number of aliphatic hydroxyl groups is 1. The molecule has 2 atom stereocenters. The van der Waals surface area contributed by atoms with Gasteiger partial charge in [-0.1, -0.05) is 42.1 Å². The van der Waals surface area contributed by atoms with Crippen LogP contribution < -0.4 is 5.32 Å². The predicted octanol–water partition coefficient (Wildman–Crippen LogP) is 2.94. The first kappa shape index (κ1) is 19.3. The summed E-state index contributed by atoms with van der Waals surface area (Å²) in [5.41, 5.74) is -0.257. The SMILES string of the molecule is O=C(O)[C@@H](Cc1ccc(Cl)cc1Cl)NC(=O)N1CCC(O)(CC2CC2)C1. The number of aliphatic carboxylic acids is 1. The lowest BCUT2D eigenvalue weighted by atomic mass is 9.96. The highest BCUT2D eigenvalue weighted by Crippen LogP contribution is 2.40. The van der Waals surface area contributed by atoms with E-state index in [0.717, 1.165) is 12.8 Å². The van der Waals surface area contributed by atoms with Gasteiger partial charge in [0.15, 0.2) is 0 Å². The van der Waals surface area contributed by atoms with Gasteiger partial charge >= 0.3 is 12.0 Å². The first-order valence-corrected chi connectivity index (χ1v) is 9.46. The number of β-amino-alcohol motifs (C(OH)–C–C–N with tert-alkyl or cyclic N) is 1. The van der Waals surface area contributed by atoms with Gasteiger partial charge in [-0.3, -0.25) is 0 Å². The maximum Gasteiger partial charge on any atom is 0.326 e. The van der Waals surface area contributed by atoms with Gasteiger partial charge in [-0.15, -0.1) is 0 Å². The van der Waals surface area contributed by atoms with E-state index in [4.69, 9.17) is 23.2 Å². The van der Waals surface area contributed by atoms with Gasteiger partial charge in [0.1, 0.15) is 6.04 Å². The minimum absolute atomic E-state index is 0.0528. The highest BCUT2D eigenvalue weighted by molar-refractivity contribution is 6.35.